The summed E-state index contributed by atoms with van der Waals surface area (Å²) in [5, 5.41) is 3.33. The molecular formula is C14H30N2O2S. The largest absolute Gasteiger partial charge is 0.465 e. The van der Waals surface area contributed by atoms with E-state index in [0.29, 0.717) is 6.61 Å². The highest BCUT2D eigenvalue weighted by molar-refractivity contribution is 7.99. The van der Waals surface area contributed by atoms with Crippen LogP contribution in [0.4, 0.5) is 0 Å². The first kappa shape index (κ1) is 18.7. The molecule has 1 N–H and O–H groups in total. The van der Waals surface area contributed by atoms with Crippen LogP contribution in [0.25, 0.3) is 0 Å². The van der Waals surface area contributed by atoms with Crippen LogP contribution < -0.4 is 5.32 Å². The van der Waals surface area contributed by atoms with Crippen molar-refractivity contribution in [3.63, 3.8) is 0 Å². The Hall–Kier alpha value is -0.260. The van der Waals surface area contributed by atoms with E-state index >= 15 is 0 Å². The number of carbonyl (C=O) groups is 1. The van der Waals surface area contributed by atoms with Crippen molar-refractivity contribution < 1.29 is 9.53 Å². The van der Waals surface area contributed by atoms with Gasteiger partial charge in [-0.25, -0.2) is 0 Å². The van der Waals surface area contributed by atoms with E-state index in [2.05, 4.69) is 31.0 Å². The molecule has 1 atom stereocenters. The zero-order valence-electron chi connectivity index (χ0n) is 12.9. The molecule has 1 unspecified atom stereocenters. The minimum absolute atomic E-state index is 0.112. The van der Waals surface area contributed by atoms with E-state index in [1.54, 1.807) is 0 Å². The van der Waals surface area contributed by atoms with Crippen LogP contribution in [0.5, 0.6) is 0 Å². The number of carbonyl (C=O) groups excluding carboxylic acids is 1. The van der Waals surface area contributed by atoms with Gasteiger partial charge in [-0.1, -0.05) is 20.8 Å². The fourth-order valence-corrected chi connectivity index (χ4v) is 2.52. The van der Waals surface area contributed by atoms with E-state index in [0.717, 1.165) is 44.1 Å². The lowest BCUT2D eigenvalue weighted by Crippen LogP contribution is -2.42. The minimum Gasteiger partial charge on any atom is -0.465 e. The van der Waals surface area contributed by atoms with Crippen LogP contribution in [0.3, 0.4) is 0 Å². The molecule has 0 aliphatic heterocycles. The summed E-state index contributed by atoms with van der Waals surface area (Å²) >= 11 is 1.86. The number of hydrogen-bond acceptors (Lipinski definition) is 5. The third-order valence-corrected chi connectivity index (χ3v) is 3.97. The van der Waals surface area contributed by atoms with Crippen LogP contribution in [-0.2, 0) is 9.53 Å². The maximum absolute atomic E-state index is 11.8. The first-order chi connectivity index (χ1) is 9.19. The maximum atomic E-state index is 11.8. The molecule has 0 aromatic heterocycles. The van der Waals surface area contributed by atoms with Gasteiger partial charge in [0.1, 0.15) is 6.04 Å². The third kappa shape index (κ3) is 9.30. The SMILES string of the molecule is CCOC(=O)C(CCSCC)NCCN(CC)CC. The van der Waals surface area contributed by atoms with Gasteiger partial charge in [-0.3, -0.25) is 4.79 Å². The molecule has 0 saturated carbocycles. The van der Waals surface area contributed by atoms with Gasteiger partial charge in [0.25, 0.3) is 0 Å². The zero-order chi connectivity index (χ0) is 14.5. The summed E-state index contributed by atoms with van der Waals surface area (Å²) in [5.74, 6) is 1.98. The fourth-order valence-electron chi connectivity index (χ4n) is 1.83. The molecule has 0 aliphatic carbocycles. The van der Waals surface area contributed by atoms with Crippen LogP contribution in [0.1, 0.15) is 34.1 Å². The zero-order valence-corrected chi connectivity index (χ0v) is 13.7. The molecular weight excluding hydrogens is 260 g/mol. The number of nitrogens with one attached hydrogen (secondary N) is 1. The van der Waals surface area contributed by atoms with Crippen LogP contribution in [0.2, 0.25) is 0 Å². The highest BCUT2D eigenvalue weighted by Gasteiger charge is 2.18. The van der Waals surface area contributed by atoms with Crippen LogP contribution >= 0.6 is 11.8 Å². The Bertz CT molecular complexity index is 223. The van der Waals surface area contributed by atoms with Gasteiger partial charge in [-0.15, -0.1) is 0 Å². The average Bonchev–Trinajstić information content (AvgIpc) is 2.42. The van der Waals surface area contributed by atoms with Gasteiger partial charge in [0.2, 0.25) is 0 Å². The summed E-state index contributed by atoms with van der Waals surface area (Å²) in [6, 6.07) is -0.158. The molecule has 0 bridgehead atoms. The highest BCUT2D eigenvalue weighted by atomic mass is 32.2. The highest BCUT2D eigenvalue weighted by Crippen LogP contribution is 2.05. The summed E-state index contributed by atoms with van der Waals surface area (Å²) in [4.78, 5) is 14.2. The van der Waals surface area contributed by atoms with Crippen molar-refractivity contribution in [2.45, 2.75) is 40.2 Å². The second-order valence-corrected chi connectivity index (χ2v) is 5.67. The Kier molecular flexibility index (Phi) is 12.6. The van der Waals surface area contributed by atoms with Crippen molar-refractivity contribution in [3.05, 3.63) is 0 Å². The molecule has 0 fully saturated rings. The van der Waals surface area contributed by atoms with Gasteiger partial charge in [0.15, 0.2) is 0 Å². The topological polar surface area (TPSA) is 41.6 Å². The summed E-state index contributed by atoms with van der Waals surface area (Å²) in [5.41, 5.74) is 0. The van der Waals surface area contributed by atoms with Gasteiger partial charge >= 0.3 is 5.97 Å². The number of ether oxygens (including phenoxy) is 1. The van der Waals surface area contributed by atoms with Crippen molar-refractivity contribution in [2.75, 3.05) is 44.3 Å². The molecule has 5 heteroatoms. The number of hydrogen-bond donors (Lipinski definition) is 1. The van der Waals surface area contributed by atoms with E-state index in [1.807, 2.05) is 18.7 Å². The van der Waals surface area contributed by atoms with Crippen molar-refractivity contribution in [1.82, 2.24) is 10.2 Å². The van der Waals surface area contributed by atoms with Crippen molar-refractivity contribution >= 4 is 17.7 Å². The smallest absolute Gasteiger partial charge is 0.323 e. The van der Waals surface area contributed by atoms with Gasteiger partial charge in [-0.05, 0) is 37.9 Å². The van der Waals surface area contributed by atoms with Gasteiger partial charge in [0.05, 0.1) is 6.61 Å². The van der Waals surface area contributed by atoms with Crippen molar-refractivity contribution in [3.8, 4) is 0 Å². The minimum atomic E-state index is -0.158. The number of rotatable bonds is 12. The molecule has 19 heavy (non-hydrogen) atoms. The van der Waals surface area contributed by atoms with Gasteiger partial charge in [-0.2, -0.15) is 11.8 Å². The average molecular weight is 290 g/mol. The Morgan fingerprint density at radius 1 is 1.26 bits per heavy atom. The predicted molar refractivity (Wildman–Crippen MR) is 83.8 cm³/mol. The lowest BCUT2D eigenvalue weighted by molar-refractivity contribution is -0.145. The Morgan fingerprint density at radius 2 is 1.95 bits per heavy atom. The predicted octanol–water partition coefficient (Wildman–Crippen LogP) is 1.99. The van der Waals surface area contributed by atoms with Crippen LogP contribution in [0, 0.1) is 0 Å². The number of nitrogens with zero attached hydrogens (tertiary/aromatic N) is 1. The molecule has 0 aliphatic rings. The molecule has 0 amide bonds. The molecule has 0 rings (SSSR count). The lowest BCUT2D eigenvalue weighted by Gasteiger charge is -2.21. The quantitative estimate of drug-likeness (QED) is 0.440. The third-order valence-electron chi connectivity index (χ3n) is 3.04. The molecule has 4 nitrogen and oxygen atoms in total. The first-order valence-electron chi connectivity index (χ1n) is 7.39. The monoisotopic (exact) mass is 290 g/mol. The number of likely N-dealkylation sites (N-methyl/N-ethyl adjacent to an activating group) is 1. The summed E-state index contributed by atoms with van der Waals surface area (Å²) in [7, 11) is 0. The molecule has 0 saturated heterocycles. The standard InChI is InChI=1S/C14H30N2O2S/c1-5-16(6-2)11-10-15-13(9-12-19-8-4)14(17)18-7-3/h13,15H,5-12H2,1-4H3. The van der Waals surface area contributed by atoms with E-state index in [-0.39, 0.29) is 12.0 Å². The molecule has 0 spiro atoms. The van der Waals surface area contributed by atoms with Crippen molar-refractivity contribution in [2.24, 2.45) is 0 Å². The Balaban J connectivity index is 4.06. The Morgan fingerprint density at radius 3 is 2.47 bits per heavy atom. The van der Waals surface area contributed by atoms with Crippen LogP contribution in [0.15, 0.2) is 0 Å². The van der Waals surface area contributed by atoms with Gasteiger partial charge < -0.3 is 15.0 Å². The Labute approximate surface area is 122 Å². The molecule has 0 aromatic rings. The number of esters is 1. The molecule has 0 radical (unpaired) electrons. The lowest BCUT2D eigenvalue weighted by atomic mass is 10.2. The second kappa shape index (κ2) is 12.8. The summed E-state index contributed by atoms with van der Waals surface area (Å²) in [6.07, 6.45) is 0.843. The molecule has 0 heterocycles. The van der Waals surface area contributed by atoms with E-state index in [4.69, 9.17) is 4.74 Å². The summed E-state index contributed by atoms with van der Waals surface area (Å²) < 4.78 is 5.12. The van der Waals surface area contributed by atoms with E-state index in [9.17, 15) is 4.79 Å². The second-order valence-electron chi connectivity index (χ2n) is 4.27. The van der Waals surface area contributed by atoms with E-state index in [1.165, 1.54) is 0 Å². The van der Waals surface area contributed by atoms with Gasteiger partial charge in [0, 0.05) is 13.1 Å². The number of thioether (sulfide) groups is 1. The molecule has 0 aromatic carbocycles. The maximum Gasteiger partial charge on any atom is 0.323 e. The van der Waals surface area contributed by atoms with Crippen molar-refractivity contribution in [1.29, 1.82) is 0 Å². The molecule has 114 valence electrons. The summed E-state index contributed by atoms with van der Waals surface area (Å²) in [6.45, 7) is 12.7. The fraction of sp³-hybridized carbons (Fsp3) is 0.929. The van der Waals surface area contributed by atoms with E-state index < -0.39 is 0 Å². The normalized spacial score (nSPS) is 12.7. The first-order valence-corrected chi connectivity index (χ1v) is 8.55. The van der Waals surface area contributed by atoms with Crippen LogP contribution in [-0.4, -0.2) is 61.2 Å².